The second-order valence-corrected chi connectivity index (χ2v) is 4.49. The van der Waals surface area contributed by atoms with Crippen molar-refractivity contribution in [3.05, 3.63) is 0 Å². The average molecular weight is 234 g/mol. The van der Waals surface area contributed by atoms with E-state index in [-0.39, 0.29) is 24.1 Å². The van der Waals surface area contributed by atoms with E-state index in [9.17, 15) is 9.90 Å². The molecule has 0 aromatic heterocycles. The molecule has 0 bridgehead atoms. The Morgan fingerprint density at radius 1 is 1.47 bits per heavy atom. The van der Waals surface area contributed by atoms with Gasteiger partial charge in [-0.1, -0.05) is 20.8 Å². The number of aliphatic hydroxyl groups excluding tert-OH is 1. The van der Waals surface area contributed by atoms with Gasteiger partial charge in [-0.25, -0.2) is 0 Å². The molecule has 2 unspecified atom stereocenters. The Hall–Kier alpha value is -0.220. The van der Waals surface area contributed by atoms with Crippen LogP contribution in [-0.4, -0.2) is 29.0 Å². The molecule has 0 saturated carbocycles. The smallest absolute Gasteiger partial charge is 0.306 e. The molecule has 0 amide bonds. The van der Waals surface area contributed by atoms with Crippen LogP contribution < -0.4 is 0 Å². The number of aliphatic hydroxyl groups is 1. The Labute approximate surface area is 97.6 Å². The number of thiol groups is 1. The molecule has 1 N–H and O–H groups in total. The summed E-state index contributed by atoms with van der Waals surface area (Å²) in [6, 6.07) is 0. The summed E-state index contributed by atoms with van der Waals surface area (Å²) >= 11 is 3.97. The molecular formula is C11H22O3S. The SMILES string of the molecule is CCC(O)CC(OC(=O)CCS)C(C)C. The van der Waals surface area contributed by atoms with Crippen LogP contribution in [0.5, 0.6) is 0 Å². The summed E-state index contributed by atoms with van der Waals surface area (Å²) in [5, 5.41) is 9.51. The molecule has 0 rings (SSSR count). The van der Waals surface area contributed by atoms with Gasteiger partial charge in [-0.15, -0.1) is 0 Å². The molecule has 0 saturated heterocycles. The van der Waals surface area contributed by atoms with Gasteiger partial charge < -0.3 is 9.84 Å². The molecule has 3 nitrogen and oxygen atoms in total. The number of ether oxygens (including phenoxy) is 1. The summed E-state index contributed by atoms with van der Waals surface area (Å²) < 4.78 is 5.28. The van der Waals surface area contributed by atoms with E-state index in [1.165, 1.54) is 0 Å². The van der Waals surface area contributed by atoms with E-state index in [4.69, 9.17) is 4.74 Å². The van der Waals surface area contributed by atoms with Gasteiger partial charge in [0.2, 0.25) is 0 Å². The molecular weight excluding hydrogens is 212 g/mol. The van der Waals surface area contributed by atoms with E-state index in [0.29, 0.717) is 25.0 Å². The number of rotatable bonds is 7. The lowest BCUT2D eigenvalue weighted by molar-refractivity contribution is -0.152. The quantitative estimate of drug-likeness (QED) is 0.523. The Bertz CT molecular complexity index is 183. The molecule has 0 fully saturated rings. The van der Waals surface area contributed by atoms with Gasteiger partial charge in [0.1, 0.15) is 6.10 Å². The van der Waals surface area contributed by atoms with E-state index in [1.54, 1.807) is 0 Å². The number of esters is 1. The third-order valence-electron chi connectivity index (χ3n) is 2.32. The molecule has 0 spiro atoms. The van der Waals surface area contributed by atoms with Gasteiger partial charge in [0, 0.05) is 12.2 Å². The zero-order valence-corrected chi connectivity index (χ0v) is 10.7. The first-order chi connectivity index (χ1) is 7.01. The Balaban J connectivity index is 4.09. The molecule has 0 aromatic carbocycles. The summed E-state index contributed by atoms with van der Waals surface area (Å²) in [6.45, 7) is 5.89. The van der Waals surface area contributed by atoms with Gasteiger partial charge in [-0.2, -0.15) is 12.6 Å². The van der Waals surface area contributed by atoms with Gasteiger partial charge in [0.05, 0.1) is 12.5 Å². The molecule has 0 aliphatic rings. The second-order valence-electron chi connectivity index (χ2n) is 4.04. The average Bonchev–Trinajstić information content (AvgIpc) is 2.16. The molecule has 0 radical (unpaired) electrons. The van der Waals surface area contributed by atoms with Crippen molar-refractivity contribution in [2.45, 2.75) is 52.2 Å². The minimum Gasteiger partial charge on any atom is -0.462 e. The first kappa shape index (κ1) is 14.8. The third kappa shape index (κ3) is 6.79. The zero-order valence-electron chi connectivity index (χ0n) is 9.77. The topological polar surface area (TPSA) is 46.5 Å². The van der Waals surface area contributed by atoms with Crippen LogP contribution in [0.15, 0.2) is 0 Å². The van der Waals surface area contributed by atoms with E-state index in [2.05, 4.69) is 12.6 Å². The van der Waals surface area contributed by atoms with Crippen LogP contribution in [0.4, 0.5) is 0 Å². The van der Waals surface area contributed by atoms with Crippen LogP contribution >= 0.6 is 12.6 Å². The van der Waals surface area contributed by atoms with E-state index < -0.39 is 0 Å². The maximum Gasteiger partial charge on any atom is 0.306 e. The predicted molar refractivity (Wildman–Crippen MR) is 64.1 cm³/mol. The van der Waals surface area contributed by atoms with Crippen LogP contribution in [0, 0.1) is 5.92 Å². The lowest BCUT2D eigenvalue weighted by Crippen LogP contribution is -2.28. The van der Waals surface area contributed by atoms with E-state index in [1.807, 2.05) is 20.8 Å². The fraction of sp³-hybridized carbons (Fsp3) is 0.909. The fourth-order valence-corrected chi connectivity index (χ4v) is 1.39. The van der Waals surface area contributed by atoms with Crippen LogP contribution in [0.25, 0.3) is 0 Å². The molecule has 4 heteroatoms. The number of hydrogen-bond acceptors (Lipinski definition) is 4. The van der Waals surface area contributed by atoms with Gasteiger partial charge >= 0.3 is 5.97 Å². The van der Waals surface area contributed by atoms with Crippen molar-refractivity contribution in [3.8, 4) is 0 Å². The predicted octanol–water partition coefficient (Wildman–Crippen LogP) is 2.04. The van der Waals surface area contributed by atoms with Crippen molar-refractivity contribution < 1.29 is 14.6 Å². The van der Waals surface area contributed by atoms with Crippen molar-refractivity contribution >= 4 is 18.6 Å². The number of hydrogen-bond donors (Lipinski definition) is 2. The zero-order chi connectivity index (χ0) is 11.8. The van der Waals surface area contributed by atoms with Crippen LogP contribution in [-0.2, 0) is 9.53 Å². The second kappa shape index (κ2) is 7.99. The van der Waals surface area contributed by atoms with Gasteiger partial charge in [0.15, 0.2) is 0 Å². The van der Waals surface area contributed by atoms with Crippen LogP contribution in [0.1, 0.15) is 40.0 Å². The summed E-state index contributed by atoms with van der Waals surface area (Å²) in [6.07, 6.45) is 0.961. The lowest BCUT2D eigenvalue weighted by Gasteiger charge is -2.23. The molecule has 15 heavy (non-hydrogen) atoms. The van der Waals surface area contributed by atoms with Crippen molar-refractivity contribution in [1.82, 2.24) is 0 Å². The summed E-state index contributed by atoms with van der Waals surface area (Å²) in [5.74, 6) is 0.502. The summed E-state index contributed by atoms with van der Waals surface area (Å²) in [7, 11) is 0. The van der Waals surface area contributed by atoms with Gasteiger partial charge in [-0.05, 0) is 12.3 Å². The molecule has 0 heterocycles. The largest absolute Gasteiger partial charge is 0.462 e. The highest BCUT2D eigenvalue weighted by molar-refractivity contribution is 7.80. The highest BCUT2D eigenvalue weighted by Gasteiger charge is 2.20. The fourth-order valence-electron chi connectivity index (χ4n) is 1.21. The van der Waals surface area contributed by atoms with Gasteiger partial charge in [-0.3, -0.25) is 4.79 Å². The van der Waals surface area contributed by atoms with E-state index >= 15 is 0 Å². The lowest BCUT2D eigenvalue weighted by atomic mass is 10.00. The highest BCUT2D eigenvalue weighted by Crippen LogP contribution is 2.15. The van der Waals surface area contributed by atoms with Crippen LogP contribution in [0.2, 0.25) is 0 Å². The first-order valence-electron chi connectivity index (χ1n) is 5.49. The molecule has 0 aliphatic carbocycles. The molecule has 0 aromatic rings. The van der Waals surface area contributed by atoms with Gasteiger partial charge in [0.25, 0.3) is 0 Å². The molecule has 0 aliphatic heterocycles. The van der Waals surface area contributed by atoms with Crippen molar-refractivity contribution in [3.63, 3.8) is 0 Å². The summed E-state index contributed by atoms with van der Waals surface area (Å²) in [5.41, 5.74) is 0. The minimum atomic E-state index is -0.388. The van der Waals surface area contributed by atoms with Crippen LogP contribution in [0.3, 0.4) is 0 Å². The number of carbonyl (C=O) groups is 1. The molecule has 2 atom stereocenters. The highest BCUT2D eigenvalue weighted by atomic mass is 32.1. The van der Waals surface area contributed by atoms with Crippen molar-refractivity contribution in [1.29, 1.82) is 0 Å². The Morgan fingerprint density at radius 2 is 2.07 bits per heavy atom. The monoisotopic (exact) mass is 234 g/mol. The van der Waals surface area contributed by atoms with E-state index in [0.717, 1.165) is 0 Å². The normalized spacial score (nSPS) is 15.1. The third-order valence-corrected chi connectivity index (χ3v) is 2.54. The Morgan fingerprint density at radius 3 is 2.47 bits per heavy atom. The first-order valence-corrected chi connectivity index (χ1v) is 6.12. The van der Waals surface area contributed by atoms with Crippen molar-refractivity contribution in [2.75, 3.05) is 5.75 Å². The Kier molecular flexibility index (Phi) is 7.88. The maximum absolute atomic E-state index is 11.3. The maximum atomic E-state index is 11.3. The minimum absolute atomic E-state index is 0.188. The molecule has 90 valence electrons. The standard InChI is InChI=1S/C11H22O3S/c1-4-9(12)7-10(8(2)3)14-11(13)5-6-15/h8-10,12,15H,4-7H2,1-3H3. The summed E-state index contributed by atoms with van der Waals surface area (Å²) in [4.78, 5) is 11.3. The number of carbonyl (C=O) groups excluding carboxylic acids is 1. The van der Waals surface area contributed by atoms with Crippen molar-refractivity contribution in [2.24, 2.45) is 5.92 Å².